The summed E-state index contributed by atoms with van der Waals surface area (Å²) in [5.74, 6) is -1.97. The van der Waals surface area contributed by atoms with Crippen LogP contribution in [0.3, 0.4) is 0 Å². The zero-order valence-corrected chi connectivity index (χ0v) is 17.1. The van der Waals surface area contributed by atoms with E-state index in [1.165, 1.54) is 18.3 Å². The van der Waals surface area contributed by atoms with Gasteiger partial charge in [0.1, 0.15) is 36.1 Å². The van der Waals surface area contributed by atoms with E-state index in [-0.39, 0.29) is 36.7 Å². The number of rotatable bonds is 9. The highest BCUT2D eigenvalue weighted by Gasteiger charge is 2.28. The van der Waals surface area contributed by atoms with Crippen LogP contribution in [-0.4, -0.2) is 30.2 Å². The van der Waals surface area contributed by atoms with Crippen LogP contribution in [0.1, 0.15) is 29.3 Å². The molecule has 2 aromatic carbocycles. The van der Waals surface area contributed by atoms with Gasteiger partial charge in [-0.15, -0.1) is 0 Å². The molecule has 0 fully saturated rings. The van der Waals surface area contributed by atoms with Crippen LogP contribution in [0.5, 0.6) is 5.75 Å². The van der Waals surface area contributed by atoms with E-state index in [1.807, 2.05) is 0 Å². The molecule has 0 saturated heterocycles. The number of pyridine rings is 1. The topological polar surface area (TPSA) is 48.4 Å². The molecule has 32 heavy (non-hydrogen) atoms. The van der Waals surface area contributed by atoms with Gasteiger partial charge >= 0.3 is 6.18 Å². The van der Waals surface area contributed by atoms with Gasteiger partial charge in [0.15, 0.2) is 5.78 Å². The fourth-order valence-electron chi connectivity index (χ4n) is 3.19. The molecule has 0 amide bonds. The first-order chi connectivity index (χ1) is 15.2. The lowest BCUT2D eigenvalue weighted by Crippen LogP contribution is -2.20. The van der Waals surface area contributed by atoms with Crippen molar-refractivity contribution in [1.29, 1.82) is 0 Å². The molecule has 170 valence electrons. The van der Waals surface area contributed by atoms with E-state index in [2.05, 4.69) is 9.72 Å². The van der Waals surface area contributed by atoms with Gasteiger partial charge in [-0.3, -0.25) is 9.78 Å². The number of halogens is 5. The predicted octanol–water partition coefficient (Wildman–Crippen LogP) is 5.88. The first-order valence-corrected chi connectivity index (χ1v) is 9.77. The third-order valence-electron chi connectivity index (χ3n) is 4.67. The minimum atomic E-state index is -4.42. The van der Waals surface area contributed by atoms with Gasteiger partial charge in [-0.1, -0.05) is 25.1 Å². The molecule has 0 aliphatic heterocycles. The molecule has 1 unspecified atom stereocenters. The van der Waals surface area contributed by atoms with Crippen molar-refractivity contribution in [2.75, 3.05) is 13.2 Å². The molecular formula is C23H20F5NO3. The second-order valence-electron chi connectivity index (χ2n) is 7.36. The summed E-state index contributed by atoms with van der Waals surface area (Å²) >= 11 is 0. The number of carbonyl (C=O) groups is 1. The van der Waals surface area contributed by atoms with Crippen LogP contribution in [0.25, 0.3) is 10.9 Å². The zero-order chi connectivity index (χ0) is 23.3. The maximum atomic E-state index is 13.9. The van der Waals surface area contributed by atoms with E-state index < -0.39 is 30.3 Å². The van der Waals surface area contributed by atoms with Crippen molar-refractivity contribution in [2.24, 2.45) is 5.92 Å². The van der Waals surface area contributed by atoms with E-state index in [0.29, 0.717) is 16.5 Å². The number of hydrogen-bond acceptors (Lipinski definition) is 4. The maximum Gasteiger partial charge on any atom is 0.411 e. The molecule has 1 aromatic heterocycles. The minimum absolute atomic E-state index is 0.0253. The lowest BCUT2D eigenvalue weighted by molar-refractivity contribution is -0.176. The third kappa shape index (κ3) is 6.00. The standard InChI is InChI=1S/C23H20F5NO3/c1-14(11-31-13-23(26,27)28)10-20(30)15-8-9-29-22-16(15)4-2-7-21(22)32-12-17-18(24)5-3-6-19(17)25/h2-9,14H,10-13H2,1H3. The van der Waals surface area contributed by atoms with Gasteiger partial charge in [-0.2, -0.15) is 13.2 Å². The number of ether oxygens (including phenoxy) is 2. The molecule has 0 N–H and O–H groups in total. The number of benzene rings is 2. The van der Waals surface area contributed by atoms with Crippen molar-refractivity contribution < 1.29 is 36.2 Å². The summed E-state index contributed by atoms with van der Waals surface area (Å²) in [6.07, 6.45) is -3.05. The van der Waals surface area contributed by atoms with E-state index in [1.54, 1.807) is 25.1 Å². The summed E-state index contributed by atoms with van der Waals surface area (Å²) in [4.78, 5) is 17.0. The number of fused-ring (bicyclic) bond motifs is 1. The fourth-order valence-corrected chi connectivity index (χ4v) is 3.19. The zero-order valence-electron chi connectivity index (χ0n) is 17.1. The third-order valence-corrected chi connectivity index (χ3v) is 4.67. The summed E-state index contributed by atoms with van der Waals surface area (Å²) in [6.45, 7) is -0.329. The lowest BCUT2D eigenvalue weighted by Gasteiger charge is -2.14. The van der Waals surface area contributed by atoms with Crippen LogP contribution in [0.15, 0.2) is 48.7 Å². The van der Waals surface area contributed by atoms with E-state index in [0.717, 1.165) is 12.1 Å². The number of Topliss-reactive ketones (excluding diaryl/α,β-unsaturated/α-hetero) is 1. The molecule has 0 saturated carbocycles. The van der Waals surface area contributed by atoms with Crippen LogP contribution in [-0.2, 0) is 11.3 Å². The molecule has 1 atom stereocenters. The Balaban J connectivity index is 1.75. The Morgan fingerprint density at radius 2 is 1.75 bits per heavy atom. The monoisotopic (exact) mass is 453 g/mol. The van der Waals surface area contributed by atoms with Crippen molar-refractivity contribution in [3.63, 3.8) is 0 Å². The van der Waals surface area contributed by atoms with Crippen molar-refractivity contribution in [1.82, 2.24) is 4.98 Å². The molecule has 0 aliphatic rings. The molecule has 9 heteroatoms. The van der Waals surface area contributed by atoms with Crippen molar-refractivity contribution >= 4 is 16.7 Å². The second-order valence-corrected chi connectivity index (χ2v) is 7.36. The highest BCUT2D eigenvalue weighted by molar-refractivity contribution is 6.08. The van der Waals surface area contributed by atoms with E-state index in [9.17, 15) is 26.7 Å². The number of para-hydroxylation sites is 1. The van der Waals surface area contributed by atoms with E-state index in [4.69, 9.17) is 4.74 Å². The molecule has 0 aliphatic carbocycles. The van der Waals surface area contributed by atoms with Crippen LogP contribution in [0.4, 0.5) is 22.0 Å². The smallest absolute Gasteiger partial charge is 0.411 e. The van der Waals surface area contributed by atoms with Crippen LogP contribution in [0, 0.1) is 17.6 Å². The molecule has 0 spiro atoms. The number of nitrogens with zero attached hydrogens (tertiary/aromatic N) is 1. The Morgan fingerprint density at radius 3 is 2.44 bits per heavy atom. The molecule has 4 nitrogen and oxygen atoms in total. The van der Waals surface area contributed by atoms with Gasteiger partial charge in [-0.25, -0.2) is 8.78 Å². The quantitative estimate of drug-likeness (QED) is 0.300. The van der Waals surface area contributed by atoms with Gasteiger partial charge in [0, 0.05) is 23.6 Å². The van der Waals surface area contributed by atoms with Crippen LogP contribution < -0.4 is 4.74 Å². The normalized spacial score (nSPS) is 12.7. The number of aromatic nitrogens is 1. The summed E-state index contributed by atoms with van der Waals surface area (Å²) in [5.41, 5.74) is 0.417. The predicted molar refractivity (Wildman–Crippen MR) is 107 cm³/mol. The maximum absolute atomic E-state index is 13.9. The Bertz CT molecular complexity index is 1080. The Morgan fingerprint density at radius 1 is 1.06 bits per heavy atom. The Labute approximate surface area is 181 Å². The van der Waals surface area contributed by atoms with Crippen molar-refractivity contribution in [3.8, 4) is 5.75 Å². The van der Waals surface area contributed by atoms with Gasteiger partial charge in [0.05, 0.1) is 12.2 Å². The minimum Gasteiger partial charge on any atom is -0.486 e. The first kappa shape index (κ1) is 23.6. The average molecular weight is 453 g/mol. The average Bonchev–Trinajstić information content (AvgIpc) is 2.72. The van der Waals surface area contributed by atoms with Crippen LogP contribution >= 0.6 is 0 Å². The van der Waals surface area contributed by atoms with Gasteiger partial charge in [-0.05, 0) is 30.2 Å². The summed E-state index contributed by atoms with van der Waals surface area (Å²) < 4.78 is 74.6. The van der Waals surface area contributed by atoms with Crippen molar-refractivity contribution in [2.45, 2.75) is 26.1 Å². The summed E-state index contributed by atoms with van der Waals surface area (Å²) in [5, 5.41) is 0.465. The highest BCUT2D eigenvalue weighted by Crippen LogP contribution is 2.28. The number of carbonyl (C=O) groups excluding carboxylic acids is 1. The first-order valence-electron chi connectivity index (χ1n) is 9.77. The molecular weight excluding hydrogens is 433 g/mol. The Hall–Kier alpha value is -3.07. The van der Waals surface area contributed by atoms with Gasteiger partial charge in [0.25, 0.3) is 0 Å². The lowest BCUT2D eigenvalue weighted by atomic mass is 9.97. The molecule has 1 heterocycles. The number of alkyl halides is 3. The van der Waals surface area contributed by atoms with Gasteiger partial charge in [0.2, 0.25) is 0 Å². The fraction of sp³-hybridized carbons (Fsp3) is 0.304. The Kier molecular flexibility index (Phi) is 7.40. The molecule has 0 bridgehead atoms. The number of ketones is 1. The summed E-state index contributed by atoms with van der Waals surface area (Å²) in [7, 11) is 0. The van der Waals surface area contributed by atoms with E-state index >= 15 is 0 Å². The molecule has 3 aromatic rings. The highest BCUT2D eigenvalue weighted by atomic mass is 19.4. The van der Waals surface area contributed by atoms with Crippen LogP contribution in [0.2, 0.25) is 0 Å². The second kappa shape index (κ2) is 10.0. The molecule has 0 radical (unpaired) electrons. The largest absolute Gasteiger partial charge is 0.486 e. The number of hydrogen-bond donors (Lipinski definition) is 0. The van der Waals surface area contributed by atoms with Crippen molar-refractivity contribution in [3.05, 3.63) is 71.4 Å². The van der Waals surface area contributed by atoms with Gasteiger partial charge < -0.3 is 9.47 Å². The summed E-state index contributed by atoms with van der Waals surface area (Å²) in [6, 6.07) is 9.84. The SMILES string of the molecule is CC(COCC(F)(F)F)CC(=O)c1ccnc2c(OCc3c(F)cccc3F)cccc12. The molecule has 3 rings (SSSR count).